The zero-order chi connectivity index (χ0) is 15.7. The maximum atomic E-state index is 12.7. The van der Waals surface area contributed by atoms with Crippen molar-refractivity contribution in [2.24, 2.45) is 5.92 Å². The molecule has 22 heavy (non-hydrogen) atoms. The van der Waals surface area contributed by atoms with Crippen LogP contribution in [0.5, 0.6) is 0 Å². The molecule has 1 saturated heterocycles. The summed E-state index contributed by atoms with van der Waals surface area (Å²) in [5.41, 5.74) is 1.05. The predicted octanol–water partition coefficient (Wildman–Crippen LogP) is 2.15. The highest BCUT2D eigenvalue weighted by atomic mass is 32.2. The zero-order valence-electron chi connectivity index (χ0n) is 13.3. The quantitative estimate of drug-likeness (QED) is 0.873. The van der Waals surface area contributed by atoms with E-state index in [0.29, 0.717) is 19.0 Å². The minimum atomic E-state index is -3.34. The lowest BCUT2D eigenvalue weighted by atomic mass is 10.2. The summed E-state index contributed by atoms with van der Waals surface area (Å²) in [6.45, 7) is 3.15. The Bertz CT molecular complexity index is 601. The van der Waals surface area contributed by atoms with Crippen molar-refractivity contribution in [3.63, 3.8) is 0 Å². The van der Waals surface area contributed by atoms with Crippen molar-refractivity contribution in [1.82, 2.24) is 8.61 Å². The molecule has 1 aromatic carbocycles. The largest absolute Gasteiger partial charge is 0.381 e. The normalized spacial score (nSPS) is 24.6. The highest BCUT2D eigenvalue weighted by molar-refractivity contribution is 7.86. The second-order valence-electron chi connectivity index (χ2n) is 6.46. The van der Waals surface area contributed by atoms with Crippen LogP contribution in [0.25, 0.3) is 0 Å². The van der Waals surface area contributed by atoms with Crippen molar-refractivity contribution in [3.05, 3.63) is 30.3 Å². The smallest absolute Gasteiger partial charge is 0.282 e. The van der Waals surface area contributed by atoms with Crippen molar-refractivity contribution >= 4 is 15.9 Å². The summed E-state index contributed by atoms with van der Waals surface area (Å²) in [5, 5.41) is 3.42. The van der Waals surface area contributed by atoms with Gasteiger partial charge in [-0.1, -0.05) is 18.2 Å². The van der Waals surface area contributed by atoms with Crippen LogP contribution in [0.4, 0.5) is 5.69 Å². The second-order valence-corrected chi connectivity index (χ2v) is 8.44. The molecule has 122 valence electrons. The Labute approximate surface area is 133 Å². The van der Waals surface area contributed by atoms with Crippen LogP contribution in [0.2, 0.25) is 0 Å². The maximum Gasteiger partial charge on any atom is 0.282 e. The first kappa shape index (κ1) is 15.8. The molecule has 0 bridgehead atoms. The minimum Gasteiger partial charge on any atom is -0.381 e. The lowest BCUT2D eigenvalue weighted by Gasteiger charge is -2.29. The van der Waals surface area contributed by atoms with Crippen molar-refractivity contribution in [2.45, 2.75) is 38.3 Å². The number of nitrogens with zero attached hydrogens (tertiary/aromatic N) is 2. The third kappa shape index (κ3) is 3.29. The van der Waals surface area contributed by atoms with Gasteiger partial charge in [-0.2, -0.15) is 17.0 Å². The second kappa shape index (κ2) is 6.18. The van der Waals surface area contributed by atoms with E-state index in [0.717, 1.165) is 24.9 Å². The molecule has 0 unspecified atom stereocenters. The van der Waals surface area contributed by atoms with E-state index in [4.69, 9.17) is 0 Å². The van der Waals surface area contributed by atoms with E-state index in [1.54, 1.807) is 15.7 Å². The van der Waals surface area contributed by atoms with Crippen molar-refractivity contribution < 1.29 is 8.42 Å². The van der Waals surface area contributed by atoms with E-state index >= 15 is 0 Å². The molecule has 1 aliphatic carbocycles. The minimum absolute atomic E-state index is 0.103. The third-order valence-corrected chi connectivity index (χ3v) is 6.91. The van der Waals surface area contributed by atoms with Gasteiger partial charge in [0, 0.05) is 37.9 Å². The van der Waals surface area contributed by atoms with E-state index in [1.165, 1.54) is 0 Å². The average Bonchev–Trinajstić information content (AvgIpc) is 3.26. The van der Waals surface area contributed by atoms with Gasteiger partial charge in [-0.3, -0.25) is 0 Å². The fraction of sp³-hybridized carbons (Fsp3) is 0.625. The molecule has 0 radical (unpaired) electrons. The van der Waals surface area contributed by atoms with Crippen molar-refractivity contribution in [1.29, 1.82) is 0 Å². The van der Waals surface area contributed by atoms with Crippen LogP contribution in [0.15, 0.2) is 30.3 Å². The fourth-order valence-electron chi connectivity index (χ4n) is 3.09. The SMILES string of the molecule is C[C@H](C1CC1)N(C)S(=O)(=O)N1CC[C@H](Nc2ccccc2)C1. The van der Waals surface area contributed by atoms with E-state index < -0.39 is 10.2 Å². The Morgan fingerprint density at radius 1 is 1.23 bits per heavy atom. The van der Waals surface area contributed by atoms with Crippen molar-refractivity contribution in [3.8, 4) is 0 Å². The first-order valence-corrected chi connectivity index (χ1v) is 9.43. The molecule has 1 N–H and O–H groups in total. The molecule has 0 aromatic heterocycles. The molecule has 1 aliphatic heterocycles. The van der Waals surface area contributed by atoms with Gasteiger partial charge in [0.15, 0.2) is 0 Å². The topological polar surface area (TPSA) is 52.7 Å². The first-order chi connectivity index (χ1) is 10.5. The number of rotatable bonds is 6. The summed E-state index contributed by atoms with van der Waals surface area (Å²) >= 11 is 0. The Morgan fingerprint density at radius 3 is 2.55 bits per heavy atom. The number of para-hydroxylation sites is 1. The lowest BCUT2D eigenvalue weighted by molar-refractivity contribution is 0.323. The molecule has 3 rings (SSSR count). The van der Waals surface area contributed by atoms with Gasteiger partial charge in [0.05, 0.1) is 0 Å². The highest BCUT2D eigenvalue weighted by Gasteiger charge is 2.40. The standard InChI is InChI=1S/C16H25N3O2S/c1-13(14-8-9-14)18(2)22(20,21)19-11-10-16(12-19)17-15-6-4-3-5-7-15/h3-7,13-14,16-17H,8-12H2,1-2H3/t13-,16+/m1/s1. The van der Waals surface area contributed by atoms with E-state index in [9.17, 15) is 8.42 Å². The van der Waals surface area contributed by atoms with Gasteiger partial charge in [0.2, 0.25) is 0 Å². The van der Waals surface area contributed by atoms with E-state index in [2.05, 4.69) is 5.32 Å². The Balaban J connectivity index is 1.61. The summed E-state index contributed by atoms with van der Waals surface area (Å²) in [6.07, 6.45) is 3.15. The van der Waals surface area contributed by atoms with Gasteiger partial charge >= 0.3 is 0 Å². The predicted molar refractivity (Wildman–Crippen MR) is 88.9 cm³/mol. The summed E-state index contributed by atoms with van der Waals surface area (Å²) in [5.74, 6) is 0.542. The van der Waals surface area contributed by atoms with Crippen LogP contribution in [-0.4, -0.2) is 49.2 Å². The van der Waals surface area contributed by atoms with Gasteiger partial charge in [-0.05, 0) is 44.2 Å². The van der Waals surface area contributed by atoms with Gasteiger partial charge in [0.25, 0.3) is 10.2 Å². The van der Waals surface area contributed by atoms with Gasteiger partial charge in [-0.25, -0.2) is 0 Å². The first-order valence-electron chi connectivity index (χ1n) is 8.03. The average molecular weight is 323 g/mol. The number of hydrogen-bond donors (Lipinski definition) is 1. The molecule has 2 fully saturated rings. The van der Waals surface area contributed by atoms with Gasteiger partial charge in [-0.15, -0.1) is 0 Å². The molecule has 0 amide bonds. The van der Waals surface area contributed by atoms with Gasteiger partial charge in [0.1, 0.15) is 0 Å². The third-order valence-electron chi connectivity index (χ3n) is 4.86. The van der Waals surface area contributed by atoms with Crippen LogP contribution >= 0.6 is 0 Å². The van der Waals surface area contributed by atoms with Crippen LogP contribution in [-0.2, 0) is 10.2 Å². The molecule has 1 aromatic rings. The molecular weight excluding hydrogens is 298 g/mol. The Morgan fingerprint density at radius 2 is 1.91 bits per heavy atom. The molecule has 2 aliphatic rings. The summed E-state index contributed by atoms with van der Waals surface area (Å²) < 4.78 is 28.6. The van der Waals surface area contributed by atoms with Crippen LogP contribution in [0, 0.1) is 5.92 Å². The number of nitrogens with one attached hydrogen (secondary N) is 1. The monoisotopic (exact) mass is 323 g/mol. The molecule has 6 heteroatoms. The van der Waals surface area contributed by atoms with Gasteiger partial charge < -0.3 is 5.32 Å². The van der Waals surface area contributed by atoms with Crippen LogP contribution in [0.3, 0.4) is 0 Å². The Hall–Kier alpha value is -1.11. The molecule has 1 heterocycles. The van der Waals surface area contributed by atoms with Crippen LogP contribution < -0.4 is 5.32 Å². The Kier molecular flexibility index (Phi) is 4.43. The maximum absolute atomic E-state index is 12.7. The molecule has 5 nitrogen and oxygen atoms in total. The summed E-state index contributed by atoms with van der Waals surface area (Å²) in [6, 6.07) is 10.3. The zero-order valence-corrected chi connectivity index (χ0v) is 14.1. The lowest BCUT2D eigenvalue weighted by Crippen LogP contribution is -2.46. The van der Waals surface area contributed by atoms with Crippen molar-refractivity contribution in [2.75, 3.05) is 25.5 Å². The fourth-order valence-corrected chi connectivity index (χ4v) is 4.75. The number of hydrogen-bond acceptors (Lipinski definition) is 3. The molecule has 2 atom stereocenters. The summed E-state index contributed by atoms with van der Waals surface area (Å²) in [7, 11) is -1.62. The molecule has 1 saturated carbocycles. The van der Waals surface area contributed by atoms with E-state index in [-0.39, 0.29) is 12.1 Å². The summed E-state index contributed by atoms with van der Waals surface area (Å²) in [4.78, 5) is 0. The van der Waals surface area contributed by atoms with E-state index in [1.807, 2.05) is 37.3 Å². The van der Waals surface area contributed by atoms with Crippen LogP contribution in [0.1, 0.15) is 26.2 Å². The number of benzene rings is 1. The molecular formula is C16H25N3O2S. The molecule has 0 spiro atoms. The number of anilines is 1. The highest BCUT2D eigenvalue weighted by Crippen LogP contribution is 2.36.